The third-order valence-electron chi connectivity index (χ3n) is 6.00. The van der Waals surface area contributed by atoms with Crippen molar-refractivity contribution in [2.24, 2.45) is 16.5 Å². The SMILES string of the molecule is CSCCC(NC(=O)C1CCCN1)C(=O)N1CCCC1C(=O)NC(CCCN=C(N)N)C(=O)O. The maximum absolute atomic E-state index is 13.4. The molecule has 0 aromatic rings. The average molecular weight is 500 g/mol. The first kappa shape index (κ1) is 27.7. The summed E-state index contributed by atoms with van der Waals surface area (Å²) in [5.41, 5.74) is 10.5. The zero-order valence-corrected chi connectivity index (χ0v) is 20.4. The summed E-state index contributed by atoms with van der Waals surface area (Å²) in [5.74, 6) is -1.59. The number of guanidine groups is 1. The topological polar surface area (TPSA) is 192 Å². The summed E-state index contributed by atoms with van der Waals surface area (Å²) in [4.78, 5) is 55.8. The number of carboxylic acids is 1. The van der Waals surface area contributed by atoms with E-state index in [-0.39, 0.29) is 36.8 Å². The highest BCUT2D eigenvalue weighted by molar-refractivity contribution is 7.98. The third kappa shape index (κ3) is 8.35. The molecule has 192 valence electrons. The molecule has 2 heterocycles. The number of hydrogen-bond acceptors (Lipinski definition) is 7. The summed E-state index contributed by atoms with van der Waals surface area (Å²) < 4.78 is 0. The van der Waals surface area contributed by atoms with Crippen LogP contribution in [0.2, 0.25) is 0 Å². The number of hydrogen-bond donors (Lipinski definition) is 6. The number of carbonyl (C=O) groups excluding carboxylic acids is 3. The number of nitrogens with two attached hydrogens (primary N) is 2. The number of carbonyl (C=O) groups is 4. The third-order valence-corrected chi connectivity index (χ3v) is 6.64. The standard InChI is InChI=1S/C21H37N7O5S/c1-34-12-8-14(26-17(29)13-5-2-9-24-13)19(31)28-11-4-7-16(28)18(30)27-15(20(32)33)6-3-10-25-21(22)23/h13-16,24H,2-12H2,1H3,(H,26,29)(H,27,30)(H,32,33)(H4,22,23,25). The lowest BCUT2D eigenvalue weighted by molar-refractivity contribution is -0.145. The summed E-state index contributed by atoms with van der Waals surface area (Å²) in [7, 11) is 0. The Kier molecular flexibility index (Phi) is 11.4. The average Bonchev–Trinajstić information content (AvgIpc) is 3.50. The Morgan fingerprint density at radius 2 is 1.85 bits per heavy atom. The number of aliphatic imine (C=N–C) groups is 1. The van der Waals surface area contributed by atoms with E-state index in [0.717, 1.165) is 19.4 Å². The van der Waals surface area contributed by atoms with Crippen molar-refractivity contribution in [1.29, 1.82) is 0 Å². The smallest absolute Gasteiger partial charge is 0.326 e. The number of aliphatic carboxylic acids is 1. The lowest BCUT2D eigenvalue weighted by atomic mass is 10.1. The largest absolute Gasteiger partial charge is 0.480 e. The van der Waals surface area contributed by atoms with Gasteiger partial charge in [-0.3, -0.25) is 19.4 Å². The van der Waals surface area contributed by atoms with Crippen LogP contribution >= 0.6 is 11.8 Å². The number of amides is 3. The molecule has 0 saturated carbocycles. The van der Waals surface area contributed by atoms with E-state index in [1.807, 2.05) is 6.26 Å². The Bertz CT molecular complexity index is 756. The van der Waals surface area contributed by atoms with Gasteiger partial charge >= 0.3 is 5.97 Å². The molecule has 2 aliphatic rings. The highest BCUT2D eigenvalue weighted by Crippen LogP contribution is 2.20. The minimum Gasteiger partial charge on any atom is -0.480 e. The first-order chi connectivity index (χ1) is 16.2. The van der Waals surface area contributed by atoms with Gasteiger partial charge in [-0.25, -0.2) is 4.79 Å². The fraction of sp³-hybridized carbons (Fsp3) is 0.762. The van der Waals surface area contributed by atoms with E-state index in [1.165, 1.54) is 4.90 Å². The van der Waals surface area contributed by atoms with Crippen LogP contribution < -0.4 is 27.4 Å². The van der Waals surface area contributed by atoms with Gasteiger partial charge in [-0.15, -0.1) is 0 Å². The van der Waals surface area contributed by atoms with Crippen LogP contribution in [0.3, 0.4) is 0 Å². The maximum atomic E-state index is 13.4. The molecular formula is C21H37N7O5S. The molecule has 2 saturated heterocycles. The van der Waals surface area contributed by atoms with Gasteiger partial charge in [0.25, 0.3) is 0 Å². The van der Waals surface area contributed by atoms with Crippen molar-refractivity contribution in [3.8, 4) is 0 Å². The summed E-state index contributed by atoms with van der Waals surface area (Å²) >= 11 is 1.57. The van der Waals surface area contributed by atoms with Gasteiger partial charge in [0.1, 0.15) is 18.1 Å². The molecule has 13 heteroatoms. The predicted octanol–water partition coefficient (Wildman–Crippen LogP) is -1.41. The fourth-order valence-electron chi connectivity index (χ4n) is 4.21. The Morgan fingerprint density at radius 3 is 2.47 bits per heavy atom. The molecule has 2 rings (SSSR count). The summed E-state index contributed by atoms with van der Waals surface area (Å²) in [6.45, 7) is 1.40. The maximum Gasteiger partial charge on any atom is 0.326 e. The van der Waals surface area contributed by atoms with Crippen LogP contribution in [0.15, 0.2) is 4.99 Å². The highest BCUT2D eigenvalue weighted by Gasteiger charge is 2.39. The Balaban J connectivity index is 2.01. The number of rotatable bonds is 13. The van der Waals surface area contributed by atoms with Crippen LogP contribution in [0.5, 0.6) is 0 Å². The number of nitrogens with one attached hydrogen (secondary N) is 3. The van der Waals surface area contributed by atoms with Crippen molar-refractivity contribution in [3.63, 3.8) is 0 Å². The molecular weight excluding hydrogens is 462 g/mol. The zero-order valence-electron chi connectivity index (χ0n) is 19.6. The van der Waals surface area contributed by atoms with Gasteiger partial charge in [0.05, 0.1) is 6.04 Å². The van der Waals surface area contributed by atoms with Crippen molar-refractivity contribution < 1.29 is 24.3 Å². The molecule has 0 aliphatic carbocycles. The number of thioether (sulfide) groups is 1. The predicted molar refractivity (Wildman–Crippen MR) is 130 cm³/mol. The highest BCUT2D eigenvalue weighted by atomic mass is 32.2. The minimum atomic E-state index is -1.16. The molecule has 4 unspecified atom stereocenters. The second kappa shape index (κ2) is 14.0. The van der Waals surface area contributed by atoms with Gasteiger partial charge < -0.3 is 37.4 Å². The Hall–Kier alpha value is -2.54. The van der Waals surface area contributed by atoms with Crippen LogP contribution in [-0.4, -0.2) is 95.5 Å². The summed E-state index contributed by atoms with van der Waals surface area (Å²) in [5, 5.41) is 18.1. The van der Waals surface area contributed by atoms with Crippen molar-refractivity contribution in [2.45, 2.75) is 69.1 Å². The number of nitrogens with zero attached hydrogens (tertiary/aromatic N) is 2. The van der Waals surface area contributed by atoms with E-state index in [9.17, 15) is 24.3 Å². The van der Waals surface area contributed by atoms with Gasteiger partial charge in [-0.05, 0) is 63.5 Å². The molecule has 34 heavy (non-hydrogen) atoms. The van der Waals surface area contributed by atoms with E-state index in [2.05, 4.69) is 20.9 Å². The van der Waals surface area contributed by atoms with Crippen molar-refractivity contribution in [2.75, 3.05) is 31.6 Å². The molecule has 8 N–H and O–H groups in total. The molecule has 0 aromatic heterocycles. The molecule has 2 aliphatic heterocycles. The van der Waals surface area contributed by atoms with E-state index in [0.29, 0.717) is 38.0 Å². The fourth-order valence-corrected chi connectivity index (χ4v) is 4.68. The van der Waals surface area contributed by atoms with Crippen LogP contribution in [-0.2, 0) is 19.2 Å². The quantitative estimate of drug-likeness (QED) is 0.100. The van der Waals surface area contributed by atoms with E-state index < -0.39 is 30.0 Å². The van der Waals surface area contributed by atoms with Crippen LogP contribution in [0.1, 0.15) is 44.9 Å². The van der Waals surface area contributed by atoms with Gasteiger partial charge in [0.2, 0.25) is 17.7 Å². The molecule has 12 nitrogen and oxygen atoms in total. The van der Waals surface area contributed by atoms with Gasteiger partial charge in [-0.1, -0.05) is 0 Å². The van der Waals surface area contributed by atoms with Gasteiger partial charge in [0, 0.05) is 13.1 Å². The first-order valence-corrected chi connectivity index (χ1v) is 13.1. The second-order valence-electron chi connectivity index (χ2n) is 8.53. The Morgan fingerprint density at radius 1 is 1.12 bits per heavy atom. The van der Waals surface area contributed by atoms with Crippen LogP contribution in [0.4, 0.5) is 0 Å². The second-order valence-corrected chi connectivity index (χ2v) is 9.52. The number of carboxylic acid groups (broad SMARTS) is 1. The van der Waals surface area contributed by atoms with Crippen LogP contribution in [0.25, 0.3) is 0 Å². The monoisotopic (exact) mass is 499 g/mol. The lowest BCUT2D eigenvalue weighted by Gasteiger charge is -2.30. The van der Waals surface area contributed by atoms with E-state index >= 15 is 0 Å². The molecule has 2 fully saturated rings. The molecule has 4 atom stereocenters. The minimum absolute atomic E-state index is 0.0807. The number of likely N-dealkylation sites (tertiary alicyclic amines) is 1. The molecule has 0 spiro atoms. The Labute approximate surface area is 204 Å². The normalized spacial score (nSPS) is 21.5. The summed E-state index contributed by atoms with van der Waals surface area (Å²) in [6, 6.07) is -2.92. The zero-order chi connectivity index (χ0) is 25.1. The lowest BCUT2D eigenvalue weighted by Crippen LogP contribution is -2.56. The van der Waals surface area contributed by atoms with Gasteiger partial charge in [-0.2, -0.15) is 11.8 Å². The van der Waals surface area contributed by atoms with Crippen LogP contribution in [0, 0.1) is 0 Å². The first-order valence-electron chi connectivity index (χ1n) is 11.7. The van der Waals surface area contributed by atoms with Gasteiger partial charge in [0.15, 0.2) is 5.96 Å². The van der Waals surface area contributed by atoms with E-state index in [1.54, 1.807) is 11.8 Å². The van der Waals surface area contributed by atoms with Crippen molar-refractivity contribution in [3.05, 3.63) is 0 Å². The molecule has 3 amide bonds. The van der Waals surface area contributed by atoms with E-state index in [4.69, 9.17) is 11.5 Å². The van der Waals surface area contributed by atoms with Crippen molar-refractivity contribution >= 4 is 41.4 Å². The summed E-state index contributed by atoms with van der Waals surface area (Å²) in [6.07, 6.45) is 5.60. The van der Waals surface area contributed by atoms with Crippen molar-refractivity contribution in [1.82, 2.24) is 20.9 Å². The molecule has 0 bridgehead atoms. The molecule has 0 aromatic carbocycles. The molecule has 0 radical (unpaired) electrons.